The van der Waals surface area contributed by atoms with Gasteiger partial charge in [0.25, 0.3) is 0 Å². The summed E-state index contributed by atoms with van der Waals surface area (Å²) in [6.07, 6.45) is 0. The SMILES string of the molecule is CC(C)n1nc(Br)c2cccc(N)c21. The molecule has 74 valence electrons. The van der Waals surface area contributed by atoms with Crippen molar-refractivity contribution >= 4 is 32.5 Å². The molecule has 0 saturated carbocycles. The van der Waals surface area contributed by atoms with E-state index in [1.165, 1.54) is 0 Å². The number of aromatic nitrogens is 2. The molecule has 0 radical (unpaired) electrons. The molecule has 0 unspecified atom stereocenters. The number of nitrogen functional groups attached to an aromatic ring is 1. The molecule has 0 spiro atoms. The Morgan fingerprint density at radius 3 is 2.79 bits per heavy atom. The summed E-state index contributed by atoms with van der Waals surface area (Å²) in [6.45, 7) is 4.18. The summed E-state index contributed by atoms with van der Waals surface area (Å²) in [5.41, 5.74) is 7.71. The van der Waals surface area contributed by atoms with Crippen LogP contribution in [-0.2, 0) is 0 Å². The van der Waals surface area contributed by atoms with Crippen molar-refractivity contribution in [3.63, 3.8) is 0 Å². The normalized spacial score (nSPS) is 11.4. The van der Waals surface area contributed by atoms with E-state index >= 15 is 0 Å². The van der Waals surface area contributed by atoms with E-state index in [0.29, 0.717) is 6.04 Å². The maximum absolute atomic E-state index is 5.93. The topological polar surface area (TPSA) is 43.8 Å². The number of anilines is 1. The van der Waals surface area contributed by atoms with Gasteiger partial charge in [-0.1, -0.05) is 6.07 Å². The monoisotopic (exact) mass is 253 g/mol. The third-order valence-electron chi connectivity index (χ3n) is 2.20. The number of para-hydroxylation sites is 1. The zero-order valence-corrected chi connectivity index (χ0v) is 9.75. The van der Waals surface area contributed by atoms with Crippen molar-refractivity contribution in [2.24, 2.45) is 0 Å². The fourth-order valence-electron chi connectivity index (χ4n) is 1.56. The number of fused-ring (bicyclic) bond motifs is 1. The van der Waals surface area contributed by atoms with Gasteiger partial charge in [0, 0.05) is 11.4 Å². The van der Waals surface area contributed by atoms with E-state index < -0.39 is 0 Å². The maximum atomic E-state index is 5.93. The number of nitrogens with two attached hydrogens (primary N) is 1. The summed E-state index contributed by atoms with van der Waals surface area (Å²) in [6, 6.07) is 6.17. The molecular weight excluding hydrogens is 242 g/mol. The summed E-state index contributed by atoms with van der Waals surface area (Å²) in [5.74, 6) is 0. The van der Waals surface area contributed by atoms with E-state index in [9.17, 15) is 0 Å². The van der Waals surface area contributed by atoms with E-state index in [2.05, 4.69) is 34.9 Å². The fourth-order valence-corrected chi connectivity index (χ4v) is 2.05. The molecule has 0 fully saturated rings. The minimum Gasteiger partial charge on any atom is -0.397 e. The van der Waals surface area contributed by atoms with Gasteiger partial charge in [0.1, 0.15) is 4.60 Å². The summed E-state index contributed by atoms with van der Waals surface area (Å²) in [7, 11) is 0. The highest BCUT2D eigenvalue weighted by molar-refractivity contribution is 9.10. The Hall–Kier alpha value is -1.03. The van der Waals surface area contributed by atoms with Crippen LogP contribution >= 0.6 is 15.9 Å². The number of hydrogen-bond donors (Lipinski definition) is 1. The van der Waals surface area contributed by atoms with Gasteiger partial charge >= 0.3 is 0 Å². The summed E-state index contributed by atoms with van der Waals surface area (Å²) < 4.78 is 2.79. The van der Waals surface area contributed by atoms with Gasteiger partial charge in [-0.25, -0.2) is 0 Å². The molecule has 1 heterocycles. The molecule has 0 aliphatic rings. The van der Waals surface area contributed by atoms with Crippen molar-refractivity contribution in [1.29, 1.82) is 0 Å². The predicted octanol–water partition coefficient (Wildman–Crippen LogP) is 2.96. The molecule has 1 aromatic carbocycles. The van der Waals surface area contributed by atoms with Gasteiger partial charge in [-0.15, -0.1) is 0 Å². The molecule has 0 amide bonds. The van der Waals surface area contributed by atoms with Crippen LogP contribution in [0.1, 0.15) is 19.9 Å². The molecule has 4 heteroatoms. The first-order valence-corrected chi connectivity index (χ1v) is 5.32. The molecule has 1 aromatic heterocycles. The zero-order valence-electron chi connectivity index (χ0n) is 8.16. The Kier molecular flexibility index (Phi) is 2.23. The molecule has 0 atom stereocenters. The molecule has 0 aliphatic heterocycles. The lowest BCUT2D eigenvalue weighted by Gasteiger charge is -2.08. The highest BCUT2D eigenvalue weighted by Crippen LogP contribution is 2.29. The van der Waals surface area contributed by atoms with E-state index in [0.717, 1.165) is 21.2 Å². The van der Waals surface area contributed by atoms with Gasteiger partial charge in [0.2, 0.25) is 0 Å². The van der Waals surface area contributed by atoms with Gasteiger partial charge in [-0.3, -0.25) is 4.68 Å². The van der Waals surface area contributed by atoms with Crippen LogP contribution in [0.4, 0.5) is 5.69 Å². The van der Waals surface area contributed by atoms with Gasteiger partial charge in [0.15, 0.2) is 0 Å². The average Bonchev–Trinajstić information content (AvgIpc) is 2.46. The summed E-state index contributed by atoms with van der Waals surface area (Å²) in [4.78, 5) is 0. The van der Waals surface area contributed by atoms with E-state index in [1.54, 1.807) is 0 Å². The van der Waals surface area contributed by atoms with Crippen LogP contribution in [0.15, 0.2) is 22.8 Å². The van der Waals surface area contributed by atoms with E-state index in [1.807, 2.05) is 22.9 Å². The molecule has 14 heavy (non-hydrogen) atoms. The lowest BCUT2D eigenvalue weighted by Crippen LogP contribution is -2.03. The van der Waals surface area contributed by atoms with E-state index in [-0.39, 0.29) is 0 Å². The smallest absolute Gasteiger partial charge is 0.136 e. The van der Waals surface area contributed by atoms with Gasteiger partial charge in [0.05, 0.1) is 11.2 Å². The van der Waals surface area contributed by atoms with Crippen LogP contribution < -0.4 is 5.73 Å². The Balaban J connectivity index is 2.86. The van der Waals surface area contributed by atoms with Crippen LogP contribution in [-0.4, -0.2) is 9.78 Å². The summed E-state index contributed by atoms with van der Waals surface area (Å²) >= 11 is 3.43. The van der Waals surface area contributed by atoms with Crippen LogP contribution in [0.25, 0.3) is 10.9 Å². The molecule has 2 rings (SSSR count). The highest BCUT2D eigenvalue weighted by Gasteiger charge is 2.12. The summed E-state index contributed by atoms with van der Waals surface area (Å²) in [5, 5.41) is 5.47. The molecule has 0 bridgehead atoms. The Morgan fingerprint density at radius 2 is 2.14 bits per heavy atom. The number of nitrogens with zero attached hydrogens (tertiary/aromatic N) is 2. The van der Waals surface area contributed by atoms with Crippen molar-refractivity contribution < 1.29 is 0 Å². The Labute approximate surface area is 91.0 Å². The lowest BCUT2D eigenvalue weighted by molar-refractivity contribution is 0.548. The van der Waals surface area contributed by atoms with Crippen LogP contribution in [0.2, 0.25) is 0 Å². The lowest BCUT2D eigenvalue weighted by atomic mass is 10.2. The third kappa shape index (κ3) is 1.30. The highest BCUT2D eigenvalue weighted by atomic mass is 79.9. The second kappa shape index (κ2) is 3.28. The van der Waals surface area contributed by atoms with Crippen molar-refractivity contribution in [3.05, 3.63) is 22.8 Å². The van der Waals surface area contributed by atoms with Gasteiger partial charge in [-0.2, -0.15) is 5.10 Å². The quantitative estimate of drug-likeness (QED) is 0.795. The Bertz CT molecular complexity index is 473. The van der Waals surface area contributed by atoms with Crippen molar-refractivity contribution in [2.75, 3.05) is 5.73 Å². The number of hydrogen-bond acceptors (Lipinski definition) is 2. The number of benzene rings is 1. The van der Waals surface area contributed by atoms with Crippen LogP contribution in [0, 0.1) is 0 Å². The number of halogens is 1. The first-order valence-electron chi connectivity index (χ1n) is 4.53. The third-order valence-corrected chi connectivity index (χ3v) is 2.79. The predicted molar refractivity (Wildman–Crippen MR) is 62.2 cm³/mol. The first kappa shape index (κ1) is 9.52. The van der Waals surface area contributed by atoms with Gasteiger partial charge in [-0.05, 0) is 41.9 Å². The minimum absolute atomic E-state index is 0.313. The fraction of sp³-hybridized carbons (Fsp3) is 0.300. The van der Waals surface area contributed by atoms with Crippen LogP contribution in [0.5, 0.6) is 0 Å². The largest absolute Gasteiger partial charge is 0.397 e. The maximum Gasteiger partial charge on any atom is 0.136 e. The van der Waals surface area contributed by atoms with Gasteiger partial charge < -0.3 is 5.73 Å². The molecule has 0 aliphatic carbocycles. The standard InChI is InChI=1S/C10H12BrN3/c1-6(2)14-9-7(10(11)13-14)4-3-5-8(9)12/h3-6H,12H2,1-2H3. The van der Waals surface area contributed by atoms with Crippen molar-refractivity contribution in [2.45, 2.75) is 19.9 Å². The second-order valence-corrected chi connectivity index (χ2v) is 4.32. The molecule has 2 aromatic rings. The molecule has 0 saturated heterocycles. The van der Waals surface area contributed by atoms with Crippen molar-refractivity contribution in [3.8, 4) is 0 Å². The van der Waals surface area contributed by atoms with E-state index in [4.69, 9.17) is 5.73 Å². The second-order valence-electron chi connectivity index (χ2n) is 3.57. The molecule has 2 N–H and O–H groups in total. The Morgan fingerprint density at radius 1 is 1.43 bits per heavy atom. The van der Waals surface area contributed by atoms with Crippen LogP contribution in [0.3, 0.4) is 0 Å². The first-order chi connectivity index (χ1) is 6.61. The molecule has 3 nitrogen and oxygen atoms in total. The molecular formula is C10H12BrN3. The number of rotatable bonds is 1. The van der Waals surface area contributed by atoms with Crippen molar-refractivity contribution in [1.82, 2.24) is 9.78 Å². The average molecular weight is 254 g/mol. The zero-order chi connectivity index (χ0) is 10.3. The minimum atomic E-state index is 0.313.